The maximum Gasteiger partial charge on any atom is 0.573 e. The molecule has 1 aliphatic rings. The van der Waals surface area contributed by atoms with Gasteiger partial charge in [-0.25, -0.2) is 0 Å². The summed E-state index contributed by atoms with van der Waals surface area (Å²) in [5, 5.41) is 3.14. The first-order chi connectivity index (χ1) is 8.44. The van der Waals surface area contributed by atoms with Crippen LogP contribution in [0.4, 0.5) is 18.9 Å². The average molecular weight is 261 g/mol. The van der Waals surface area contributed by atoms with Crippen LogP contribution in [-0.2, 0) is 4.74 Å². The zero-order valence-corrected chi connectivity index (χ0v) is 9.83. The van der Waals surface area contributed by atoms with E-state index in [1.807, 2.05) is 6.92 Å². The van der Waals surface area contributed by atoms with E-state index in [4.69, 9.17) is 4.74 Å². The molecular formula is C12H14F3NO2. The van der Waals surface area contributed by atoms with Crippen molar-refractivity contribution in [1.82, 2.24) is 0 Å². The summed E-state index contributed by atoms with van der Waals surface area (Å²) < 4.78 is 45.5. The standard InChI is InChI=1S/C12H14F3NO2/c1-8-11(5-6-17-8)16-9-3-2-4-10(7-9)18-12(13,14)15/h2-4,7-8,11,16H,5-6H2,1H3. The molecule has 1 heterocycles. The van der Waals surface area contributed by atoms with Gasteiger partial charge in [-0.2, -0.15) is 0 Å². The van der Waals surface area contributed by atoms with Crippen molar-refractivity contribution in [3.63, 3.8) is 0 Å². The van der Waals surface area contributed by atoms with Crippen molar-refractivity contribution in [1.29, 1.82) is 0 Å². The molecule has 2 atom stereocenters. The Kier molecular flexibility index (Phi) is 3.65. The number of benzene rings is 1. The quantitative estimate of drug-likeness (QED) is 0.906. The largest absolute Gasteiger partial charge is 0.573 e. The maximum absolute atomic E-state index is 12.1. The highest BCUT2D eigenvalue weighted by molar-refractivity contribution is 5.49. The summed E-state index contributed by atoms with van der Waals surface area (Å²) in [4.78, 5) is 0. The van der Waals surface area contributed by atoms with Crippen LogP contribution in [-0.4, -0.2) is 25.1 Å². The molecule has 0 bridgehead atoms. The van der Waals surface area contributed by atoms with Crippen molar-refractivity contribution < 1.29 is 22.6 Å². The molecule has 1 fully saturated rings. The molecule has 0 radical (unpaired) electrons. The van der Waals surface area contributed by atoms with E-state index < -0.39 is 6.36 Å². The highest BCUT2D eigenvalue weighted by Crippen LogP contribution is 2.26. The number of rotatable bonds is 3. The Bertz CT molecular complexity index is 409. The van der Waals surface area contributed by atoms with Crippen LogP contribution in [0.15, 0.2) is 24.3 Å². The highest BCUT2D eigenvalue weighted by Gasteiger charge is 2.31. The van der Waals surface area contributed by atoms with Gasteiger partial charge < -0.3 is 14.8 Å². The van der Waals surface area contributed by atoms with Gasteiger partial charge in [-0.15, -0.1) is 13.2 Å². The van der Waals surface area contributed by atoms with Crippen LogP contribution in [0.5, 0.6) is 5.75 Å². The van der Waals surface area contributed by atoms with Crippen LogP contribution in [0.1, 0.15) is 13.3 Å². The number of anilines is 1. The Hall–Kier alpha value is -1.43. The van der Waals surface area contributed by atoms with E-state index >= 15 is 0 Å². The molecule has 1 aromatic rings. The second-order valence-corrected chi connectivity index (χ2v) is 4.19. The van der Waals surface area contributed by atoms with Gasteiger partial charge in [0.2, 0.25) is 0 Å². The molecule has 6 heteroatoms. The lowest BCUT2D eigenvalue weighted by Gasteiger charge is -2.18. The van der Waals surface area contributed by atoms with Crippen LogP contribution in [0.3, 0.4) is 0 Å². The summed E-state index contributed by atoms with van der Waals surface area (Å²) in [6.45, 7) is 2.60. The lowest BCUT2D eigenvalue weighted by Crippen LogP contribution is -2.26. The van der Waals surface area contributed by atoms with Crippen molar-refractivity contribution in [2.24, 2.45) is 0 Å². The topological polar surface area (TPSA) is 30.5 Å². The minimum atomic E-state index is -4.66. The van der Waals surface area contributed by atoms with Gasteiger partial charge in [0.15, 0.2) is 0 Å². The molecule has 18 heavy (non-hydrogen) atoms. The molecule has 0 spiro atoms. The number of ether oxygens (including phenoxy) is 2. The van der Waals surface area contributed by atoms with E-state index in [1.165, 1.54) is 18.2 Å². The predicted molar refractivity (Wildman–Crippen MR) is 60.6 cm³/mol. The van der Waals surface area contributed by atoms with E-state index in [2.05, 4.69) is 10.1 Å². The summed E-state index contributed by atoms with van der Waals surface area (Å²) in [6, 6.07) is 5.94. The minimum absolute atomic E-state index is 0.0530. The lowest BCUT2D eigenvalue weighted by atomic mass is 10.1. The third-order valence-corrected chi connectivity index (χ3v) is 2.80. The van der Waals surface area contributed by atoms with Gasteiger partial charge in [0.1, 0.15) is 5.75 Å². The first-order valence-corrected chi connectivity index (χ1v) is 5.68. The van der Waals surface area contributed by atoms with Gasteiger partial charge in [-0.1, -0.05) is 6.07 Å². The number of nitrogens with one attached hydrogen (secondary N) is 1. The third kappa shape index (κ3) is 3.53. The van der Waals surface area contributed by atoms with E-state index in [1.54, 1.807) is 6.07 Å². The van der Waals surface area contributed by atoms with Crippen molar-refractivity contribution in [2.45, 2.75) is 31.9 Å². The van der Waals surface area contributed by atoms with Crippen LogP contribution in [0.25, 0.3) is 0 Å². The summed E-state index contributed by atoms with van der Waals surface area (Å²) in [6.07, 6.45) is -3.77. The molecule has 1 saturated heterocycles. The Morgan fingerprint density at radius 2 is 2.17 bits per heavy atom. The van der Waals surface area contributed by atoms with Crippen molar-refractivity contribution in [3.05, 3.63) is 24.3 Å². The Morgan fingerprint density at radius 3 is 2.78 bits per heavy atom. The van der Waals surface area contributed by atoms with Gasteiger partial charge in [0.25, 0.3) is 0 Å². The fourth-order valence-electron chi connectivity index (χ4n) is 1.92. The van der Waals surface area contributed by atoms with Gasteiger partial charge >= 0.3 is 6.36 Å². The fraction of sp³-hybridized carbons (Fsp3) is 0.500. The normalized spacial score (nSPS) is 24.0. The highest BCUT2D eigenvalue weighted by atomic mass is 19.4. The van der Waals surface area contributed by atoms with Crippen molar-refractivity contribution in [3.8, 4) is 5.75 Å². The number of alkyl halides is 3. The second-order valence-electron chi connectivity index (χ2n) is 4.19. The number of hydrogen-bond donors (Lipinski definition) is 1. The predicted octanol–water partition coefficient (Wildman–Crippen LogP) is 3.17. The summed E-state index contributed by atoms with van der Waals surface area (Å²) in [5.41, 5.74) is 0.596. The first-order valence-electron chi connectivity index (χ1n) is 5.68. The van der Waals surface area contributed by atoms with Gasteiger partial charge in [-0.05, 0) is 25.5 Å². The van der Waals surface area contributed by atoms with E-state index in [0.717, 1.165) is 6.42 Å². The Balaban J connectivity index is 2.03. The zero-order valence-electron chi connectivity index (χ0n) is 9.83. The van der Waals surface area contributed by atoms with E-state index in [9.17, 15) is 13.2 Å². The molecule has 3 nitrogen and oxygen atoms in total. The van der Waals surface area contributed by atoms with Crippen LogP contribution < -0.4 is 10.1 Å². The van der Waals surface area contributed by atoms with Crippen LogP contribution in [0.2, 0.25) is 0 Å². The number of hydrogen-bond acceptors (Lipinski definition) is 3. The maximum atomic E-state index is 12.1. The molecule has 1 aliphatic heterocycles. The summed E-state index contributed by atoms with van der Waals surface area (Å²) in [5.74, 6) is -0.223. The summed E-state index contributed by atoms with van der Waals surface area (Å²) >= 11 is 0. The Morgan fingerprint density at radius 1 is 1.39 bits per heavy atom. The number of halogens is 3. The third-order valence-electron chi connectivity index (χ3n) is 2.80. The molecular weight excluding hydrogens is 247 g/mol. The van der Waals surface area contributed by atoms with Gasteiger partial charge in [0.05, 0.1) is 12.1 Å². The zero-order chi connectivity index (χ0) is 13.2. The fourth-order valence-corrected chi connectivity index (χ4v) is 1.92. The van der Waals surface area contributed by atoms with Gasteiger partial charge in [0, 0.05) is 18.4 Å². The molecule has 0 amide bonds. The molecule has 100 valence electrons. The SMILES string of the molecule is CC1OCCC1Nc1cccc(OC(F)(F)F)c1. The van der Waals surface area contributed by atoms with Crippen molar-refractivity contribution >= 4 is 5.69 Å². The molecule has 0 aliphatic carbocycles. The smallest absolute Gasteiger partial charge is 0.406 e. The van der Waals surface area contributed by atoms with E-state index in [0.29, 0.717) is 12.3 Å². The second kappa shape index (κ2) is 5.06. The molecule has 0 saturated carbocycles. The molecule has 2 unspecified atom stereocenters. The van der Waals surface area contributed by atoms with Crippen LogP contribution >= 0.6 is 0 Å². The first kappa shape index (κ1) is 13.0. The van der Waals surface area contributed by atoms with Crippen LogP contribution in [0, 0.1) is 0 Å². The lowest BCUT2D eigenvalue weighted by molar-refractivity contribution is -0.274. The molecule has 2 rings (SSSR count). The Labute approximate surface area is 103 Å². The molecule has 1 aromatic carbocycles. The average Bonchev–Trinajstić information content (AvgIpc) is 2.62. The summed E-state index contributed by atoms with van der Waals surface area (Å²) in [7, 11) is 0. The minimum Gasteiger partial charge on any atom is -0.406 e. The monoisotopic (exact) mass is 261 g/mol. The molecule has 0 aromatic heterocycles. The van der Waals surface area contributed by atoms with E-state index in [-0.39, 0.29) is 17.9 Å². The van der Waals surface area contributed by atoms with Crippen molar-refractivity contribution in [2.75, 3.05) is 11.9 Å². The molecule has 1 N–H and O–H groups in total. The van der Waals surface area contributed by atoms with Gasteiger partial charge in [-0.3, -0.25) is 0 Å².